The van der Waals surface area contributed by atoms with E-state index in [1.54, 1.807) is 11.3 Å². The number of nitrogens with zero attached hydrogens (tertiary/aromatic N) is 2. The van der Waals surface area contributed by atoms with E-state index in [4.69, 9.17) is 0 Å². The molecule has 2 heterocycles. The molecule has 1 aliphatic heterocycles. The molecule has 0 bridgehead atoms. The molecule has 6 heteroatoms. The average Bonchev–Trinajstić information content (AvgIpc) is 2.92. The van der Waals surface area contributed by atoms with Crippen LogP contribution >= 0.6 is 23.7 Å². The molecule has 0 radical (unpaired) electrons. The van der Waals surface area contributed by atoms with Crippen LogP contribution in [0.3, 0.4) is 0 Å². The predicted octanol–water partition coefficient (Wildman–Crippen LogP) is 2.34. The van der Waals surface area contributed by atoms with Gasteiger partial charge in [0, 0.05) is 36.5 Å². The largest absolute Gasteiger partial charge is 0.340 e. The molecule has 0 unspecified atom stereocenters. The van der Waals surface area contributed by atoms with Gasteiger partial charge in [-0.3, -0.25) is 4.79 Å². The highest BCUT2D eigenvalue weighted by atomic mass is 35.5. The predicted molar refractivity (Wildman–Crippen MR) is 85.5 cm³/mol. The molecule has 1 aromatic rings. The number of hydrogen-bond acceptors (Lipinski definition) is 4. The molecule has 20 heavy (non-hydrogen) atoms. The van der Waals surface area contributed by atoms with Gasteiger partial charge in [-0.1, -0.05) is 0 Å². The lowest BCUT2D eigenvalue weighted by molar-refractivity contribution is -0.138. The van der Waals surface area contributed by atoms with Gasteiger partial charge in [0.1, 0.15) is 0 Å². The van der Waals surface area contributed by atoms with Gasteiger partial charge in [0.25, 0.3) is 0 Å². The molecule has 0 aliphatic carbocycles. The lowest BCUT2D eigenvalue weighted by Crippen LogP contribution is -2.45. The van der Waals surface area contributed by atoms with E-state index in [2.05, 4.69) is 24.1 Å². The standard InChI is InChI=1S/C14H23N3OS.ClH/c1-11(2)17(9-5-13-16-8-10-19-13)14(18)12-3-6-15-7-4-12;/h8,10-12,15H,3-7,9H2,1-2H3;1H. The van der Waals surface area contributed by atoms with Crippen LogP contribution < -0.4 is 5.32 Å². The summed E-state index contributed by atoms with van der Waals surface area (Å²) in [5.41, 5.74) is 0. The Hall–Kier alpha value is -0.650. The van der Waals surface area contributed by atoms with Crippen LogP contribution in [-0.4, -0.2) is 41.5 Å². The van der Waals surface area contributed by atoms with Crippen molar-refractivity contribution in [3.05, 3.63) is 16.6 Å². The summed E-state index contributed by atoms with van der Waals surface area (Å²) in [6.45, 7) is 6.92. The van der Waals surface area contributed by atoms with Crippen LogP contribution in [0.5, 0.6) is 0 Å². The second kappa shape index (κ2) is 8.60. The first-order valence-corrected chi connectivity index (χ1v) is 7.96. The Balaban J connectivity index is 0.00000200. The number of rotatable bonds is 5. The molecule has 1 saturated heterocycles. The first-order chi connectivity index (χ1) is 9.18. The fourth-order valence-corrected chi connectivity index (χ4v) is 3.13. The second-order valence-electron chi connectivity index (χ2n) is 5.33. The van der Waals surface area contributed by atoms with Crippen molar-refractivity contribution in [3.63, 3.8) is 0 Å². The summed E-state index contributed by atoms with van der Waals surface area (Å²) >= 11 is 1.66. The van der Waals surface area contributed by atoms with E-state index in [-0.39, 0.29) is 24.4 Å². The molecule has 0 saturated carbocycles. The number of piperidine rings is 1. The van der Waals surface area contributed by atoms with Crippen molar-refractivity contribution in [2.75, 3.05) is 19.6 Å². The van der Waals surface area contributed by atoms with E-state index in [1.165, 1.54) is 0 Å². The van der Waals surface area contributed by atoms with Gasteiger partial charge in [0.15, 0.2) is 0 Å². The minimum absolute atomic E-state index is 0. The van der Waals surface area contributed by atoms with E-state index in [0.717, 1.165) is 43.9 Å². The Morgan fingerprint density at radius 1 is 1.50 bits per heavy atom. The van der Waals surface area contributed by atoms with Crippen molar-refractivity contribution in [3.8, 4) is 0 Å². The number of nitrogens with one attached hydrogen (secondary N) is 1. The Kier molecular flexibility index (Phi) is 7.48. The fraction of sp³-hybridized carbons (Fsp3) is 0.714. The SMILES string of the molecule is CC(C)N(CCc1nccs1)C(=O)C1CCNCC1.Cl. The van der Waals surface area contributed by atoms with Crippen LogP contribution in [0.25, 0.3) is 0 Å². The minimum atomic E-state index is 0. The van der Waals surface area contributed by atoms with E-state index >= 15 is 0 Å². The Bertz CT molecular complexity index is 391. The van der Waals surface area contributed by atoms with Gasteiger partial charge in [0.2, 0.25) is 5.91 Å². The zero-order valence-electron chi connectivity index (χ0n) is 12.2. The zero-order valence-corrected chi connectivity index (χ0v) is 13.8. The van der Waals surface area contributed by atoms with Crippen molar-refractivity contribution in [2.45, 2.75) is 39.2 Å². The summed E-state index contributed by atoms with van der Waals surface area (Å²) in [7, 11) is 0. The van der Waals surface area contributed by atoms with Crippen molar-refractivity contribution >= 4 is 29.7 Å². The number of hydrogen-bond donors (Lipinski definition) is 1. The smallest absolute Gasteiger partial charge is 0.226 e. The molecular weight excluding hydrogens is 294 g/mol. The maximum atomic E-state index is 12.6. The Labute approximate surface area is 131 Å². The number of amides is 1. The monoisotopic (exact) mass is 317 g/mol. The minimum Gasteiger partial charge on any atom is -0.340 e. The third-order valence-corrected chi connectivity index (χ3v) is 4.48. The van der Waals surface area contributed by atoms with Crippen LogP contribution in [0.15, 0.2) is 11.6 Å². The number of carbonyl (C=O) groups excluding carboxylic acids is 1. The average molecular weight is 318 g/mol. The quantitative estimate of drug-likeness (QED) is 0.906. The van der Waals surface area contributed by atoms with E-state index in [0.29, 0.717) is 5.91 Å². The van der Waals surface area contributed by atoms with E-state index in [9.17, 15) is 4.79 Å². The van der Waals surface area contributed by atoms with E-state index in [1.807, 2.05) is 16.5 Å². The van der Waals surface area contributed by atoms with Gasteiger partial charge >= 0.3 is 0 Å². The summed E-state index contributed by atoms with van der Waals surface area (Å²) in [4.78, 5) is 18.9. The summed E-state index contributed by atoms with van der Waals surface area (Å²) < 4.78 is 0. The molecule has 0 aromatic carbocycles. The van der Waals surface area contributed by atoms with Crippen LogP contribution in [0.2, 0.25) is 0 Å². The Morgan fingerprint density at radius 2 is 2.20 bits per heavy atom. The third kappa shape index (κ3) is 4.72. The van der Waals surface area contributed by atoms with Crippen molar-refractivity contribution in [1.82, 2.24) is 15.2 Å². The molecule has 2 rings (SSSR count). The number of thiazole rings is 1. The van der Waals surface area contributed by atoms with Gasteiger partial charge in [-0.2, -0.15) is 0 Å². The maximum Gasteiger partial charge on any atom is 0.226 e. The maximum absolute atomic E-state index is 12.6. The highest BCUT2D eigenvalue weighted by molar-refractivity contribution is 7.09. The molecule has 1 amide bonds. The van der Waals surface area contributed by atoms with E-state index < -0.39 is 0 Å². The van der Waals surface area contributed by atoms with Crippen LogP contribution in [0, 0.1) is 5.92 Å². The normalized spacial score (nSPS) is 15.9. The van der Waals surface area contributed by atoms with Crippen LogP contribution in [0.4, 0.5) is 0 Å². The molecule has 1 aromatic heterocycles. The van der Waals surface area contributed by atoms with Crippen molar-refractivity contribution in [1.29, 1.82) is 0 Å². The van der Waals surface area contributed by atoms with Crippen LogP contribution in [0.1, 0.15) is 31.7 Å². The number of halogens is 1. The first-order valence-electron chi connectivity index (χ1n) is 7.08. The number of carbonyl (C=O) groups is 1. The highest BCUT2D eigenvalue weighted by Crippen LogP contribution is 2.17. The molecular formula is C14H24ClN3OS. The lowest BCUT2D eigenvalue weighted by atomic mass is 9.96. The molecule has 1 fully saturated rings. The van der Waals surface area contributed by atoms with Crippen LogP contribution in [-0.2, 0) is 11.2 Å². The molecule has 114 valence electrons. The summed E-state index contributed by atoms with van der Waals surface area (Å²) in [6.07, 6.45) is 4.64. The topological polar surface area (TPSA) is 45.2 Å². The second-order valence-corrected chi connectivity index (χ2v) is 6.30. The lowest BCUT2D eigenvalue weighted by Gasteiger charge is -2.32. The summed E-state index contributed by atoms with van der Waals surface area (Å²) in [5, 5.41) is 6.42. The van der Waals surface area contributed by atoms with Gasteiger partial charge in [-0.25, -0.2) is 4.98 Å². The van der Waals surface area contributed by atoms with Crippen molar-refractivity contribution < 1.29 is 4.79 Å². The fourth-order valence-electron chi connectivity index (χ4n) is 2.52. The van der Waals surface area contributed by atoms with Gasteiger partial charge in [-0.05, 0) is 39.8 Å². The van der Waals surface area contributed by atoms with Gasteiger partial charge in [-0.15, -0.1) is 23.7 Å². The van der Waals surface area contributed by atoms with Gasteiger partial charge < -0.3 is 10.2 Å². The summed E-state index contributed by atoms with van der Waals surface area (Å²) in [5.74, 6) is 0.535. The summed E-state index contributed by atoms with van der Waals surface area (Å²) in [6, 6.07) is 0.266. The molecule has 0 atom stereocenters. The number of aromatic nitrogens is 1. The zero-order chi connectivity index (χ0) is 13.7. The molecule has 0 spiro atoms. The molecule has 1 aliphatic rings. The highest BCUT2D eigenvalue weighted by Gasteiger charge is 2.27. The van der Waals surface area contributed by atoms with Gasteiger partial charge in [0.05, 0.1) is 5.01 Å². The third-order valence-electron chi connectivity index (χ3n) is 3.64. The molecule has 4 nitrogen and oxygen atoms in total. The Morgan fingerprint density at radius 3 is 2.75 bits per heavy atom. The van der Waals surface area contributed by atoms with Crippen molar-refractivity contribution in [2.24, 2.45) is 5.92 Å². The molecule has 1 N–H and O–H groups in total. The first kappa shape index (κ1) is 17.4.